The van der Waals surface area contributed by atoms with Crippen molar-refractivity contribution in [3.8, 4) is 5.75 Å². The molecule has 0 aliphatic carbocycles. The van der Waals surface area contributed by atoms with E-state index in [0.29, 0.717) is 0 Å². The Hall–Kier alpha value is -1.01. The van der Waals surface area contributed by atoms with E-state index in [-0.39, 0.29) is 37.0 Å². The average molecular weight is 375 g/mol. The predicted octanol–water partition coefficient (Wildman–Crippen LogP) is 2.57. The molecule has 0 spiro atoms. The zero-order valence-electron chi connectivity index (χ0n) is 13.9. The lowest BCUT2D eigenvalue weighted by Gasteiger charge is -2.28. The van der Waals surface area contributed by atoms with Crippen LogP contribution in [0.1, 0.15) is 31.2 Å². The number of nitrogens with two attached hydrogens (primary N) is 1. The number of hydrazine groups is 1. The first-order valence-corrected chi connectivity index (χ1v) is 8.31. The van der Waals surface area contributed by atoms with E-state index in [2.05, 4.69) is 33.6 Å². The van der Waals surface area contributed by atoms with Gasteiger partial charge >= 0.3 is 0 Å². The van der Waals surface area contributed by atoms with E-state index in [0.717, 1.165) is 57.5 Å². The summed E-state index contributed by atoms with van der Waals surface area (Å²) in [7, 11) is 0. The van der Waals surface area contributed by atoms with Crippen molar-refractivity contribution in [1.82, 2.24) is 10.4 Å². The molecule has 3 rings (SSSR count). The Bertz CT molecular complexity index is 515. The largest absolute Gasteiger partial charge is 0.490 e. The molecular formula is C17H28Cl2N4O. The highest BCUT2D eigenvalue weighted by Gasteiger charge is 2.21. The number of para-hydroxylation sites is 1. The summed E-state index contributed by atoms with van der Waals surface area (Å²) < 4.78 is 6.07. The lowest BCUT2D eigenvalue weighted by atomic mass is 9.97. The van der Waals surface area contributed by atoms with Gasteiger partial charge in [-0.05, 0) is 43.7 Å². The van der Waals surface area contributed by atoms with E-state index in [9.17, 15) is 0 Å². The number of aryl methyl sites for hydroxylation is 1. The van der Waals surface area contributed by atoms with Crippen LogP contribution >= 0.6 is 24.8 Å². The quantitative estimate of drug-likeness (QED) is 0.802. The molecule has 1 aromatic carbocycles. The Balaban J connectivity index is 0.00000144. The van der Waals surface area contributed by atoms with Gasteiger partial charge < -0.3 is 10.5 Å². The summed E-state index contributed by atoms with van der Waals surface area (Å²) in [6.07, 6.45) is 7.28. The maximum atomic E-state index is 6.27. The minimum atomic E-state index is 0. The Morgan fingerprint density at radius 2 is 2.17 bits per heavy atom. The van der Waals surface area contributed by atoms with E-state index in [1.165, 1.54) is 5.56 Å². The van der Waals surface area contributed by atoms with Crippen LogP contribution in [0.3, 0.4) is 0 Å². The average Bonchev–Trinajstić information content (AvgIpc) is 2.56. The van der Waals surface area contributed by atoms with Crippen molar-refractivity contribution in [2.24, 2.45) is 10.7 Å². The number of nitrogens with zero attached hydrogens (tertiary/aromatic N) is 2. The van der Waals surface area contributed by atoms with Crippen molar-refractivity contribution >= 4 is 31.2 Å². The molecule has 0 saturated carbocycles. The molecular weight excluding hydrogens is 347 g/mol. The van der Waals surface area contributed by atoms with Gasteiger partial charge in [-0.3, -0.25) is 10.0 Å². The fourth-order valence-electron chi connectivity index (χ4n) is 3.06. The standard InChI is InChI=1S/C17H26N4O.2ClH/c18-15(8-10-20-21-11-3-9-19-13-21)12-16-7-6-14-4-1-2-5-17(14)22-16;;/h1-2,4-5,13,15-16,20H,3,6-12,18H2;2*1H/t15-,16?;;/m1../s1. The molecule has 0 fully saturated rings. The fourth-order valence-corrected chi connectivity index (χ4v) is 3.06. The van der Waals surface area contributed by atoms with Crippen LogP contribution in [-0.4, -0.2) is 43.1 Å². The third-order valence-corrected chi connectivity index (χ3v) is 4.30. The van der Waals surface area contributed by atoms with Crippen LogP contribution in [0.4, 0.5) is 0 Å². The van der Waals surface area contributed by atoms with E-state index >= 15 is 0 Å². The van der Waals surface area contributed by atoms with Gasteiger partial charge in [0.05, 0.1) is 6.34 Å². The van der Waals surface area contributed by atoms with Gasteiger partial charge in [-0.25, -0.2) is 5.43 Å². The molecule has 2 atom stereocenters. The SMILES string of the molecule is Cl.Cl.N[C@H](CCNN1C=NCCC1)CC1CCc2ccccc2O1. The van der Waals surface area contributed by atoms with Crippen LogP contribution in [0.15, 0.2) is 29.3 Å². The third kappa shape index (κ3) is 6.13. The molecule has 5 nitrogen and oxygen atoms in total. The molecule has 1 unspecified atom stereocenters. The molecule has 0 aromatic heterocycles. The Kier molecular flexibility index (Phi) is 9.44. The highest BCUT2D eigenvalue weighted by molar-refractivity contribution is 5.85. The summed E-state index contributed by atoms with van der Waals surface area (Å²) in [5.74, 6) is 1.04. The molecule has 24 heavy (non-hydrogen) atoms. The maximum absolute atomic E-state index is 6.27. The minimum Gasteiger partial charge on any atom is -0.490 e. The van der Waals surface area contributed by atoms with Gasteiger partial charge in [0.1, 0.15) is 11.9 Å². The van der Waals surface area contributed by atoms with Crippen molar-refractivity contribution in [2.75, 3.05) is 19.6 Å². The van der Waals surface area contributed by atoms with Gasteiger partial charge in [-0.15, -0.1) is 24.8 Å². The van der Waals surface area contributed by atoms with Crippen LogP contribution in [0.2, 0.25) is 0 Å². The first-order valence-electron chi connectivity index (χ1n) is 8.31. The highest BCUT2D eigenvalue weighted by Crippen LogP contribution is 2.28. The molecule has 2 heterocycles. The Morgan fingerprint density at radius 1 is 1.33 bits per heavy atom. The van der Waals surface area contributed by atoms with Crippen molar-refractivity contribution < 1.29 is 4.74 Å². The summed E-state index contributed by atoms with van der Waals surface area (Å²) in [5, 5.41) is 2.06. The van der Waals surface area contributed by atoms with Crippen molar-refractivity contribution in [1.29, 1.82) is 0 Å². The van der Waals surface area contributed by atoms with Gasteiger partial charge in [0.25, 0.3) is 0 Å². The molecule has 2 aliphatic rings. The van der Waals surface area contributed by atoms with Crippen LogP contribution in [0.5, 0.6) is 5.75 Å². The first kappa shape index (κ1) is 21.0. The molecule has 0 bridgehead atoms. The summed E-state index contributed by atoms with van der Waals surface area (Å²) in [6.45, 7) is 2.86. The first-order chi connectivity index (χ1) is 10.8. The molecule has 0 amide bonds. The lowest BCUT2D eigenvalue weighted by Crippen LogP contribution is -2.42. The summed E-state index contributed by atoms with van der Waals surface area (Å²) >= 11 is 0. The number of hydrogen-bond donors (Lipinski definition) is 2. The van der Waals surface area contributed by atoms with Gasteiger partial charge in [-0.2, -0.15) is 0 Å². The second kappa shape index (κ2) is 10.8. The second-order valence-corrected chi connectivity index (χ2v) is 6.15. The molecule has 0 radical (unpaired) electrons. The number of ether oxygens (including phenoxy) is 1. The second-order valence-electron chi connectivity index (χ2n) is 6.15. The number of rotatable bonds is 6. The summed E-state index contributed by atoms with van der Waals surface area (Å²) in [6, 6.07) is 8.49. The summed E-state index contributed by atoms with van der Waals surface area (Å²) in [5.41, 5.74) is 11.0. The molecule has 7 heteroatoms. The van der Waals surface area contributed by atoms with Crippen LogP contribution in [0, 0.1) is 0 Å². The topological polar surface area (TPSA) is 62.9 Å². The van der Waals surface area contributed by atoms with Gasteiger partial charge in [0.15, 0.2) is 0 Å². The molecule has 1 aromatic rings. The van der Waals surface area contributed by atoms with Crippen molar-refractivity contribution in [2.45, 2.75) is 44.2 Å². The number of nitrogens with one attached hydrogen (secondary N) is 1. The van der Waals surface area contributed by atoms with Crippen LogP contribution in [-0.2, 0) is 6.42 Å². The number of halogens is 2. The monoisotopic (exact) mass is 374 g/mol. The van der Waals surface area contributed by atoms with Gasteiger partial charge in [0.2, 0.25) is 0 Å². The third-order valence-electron chi connectivity index (χ3n) is 4.30. The minimum absolute atomic E-state index is 0. The Morgan fingerprint density at radius 3 is 2.96 bits per heavy atom. The van der Waals surface area contributed by atoms with Crippen LogP contribution in [0.25, 0.3) is 0 Å². The smallest absolute Gasteiger partial charge is 0.122 e. The van der Waals surface area contributed by atoms with E-state index in [4.69, 9.17) is 10.5 Å². The fraction of sp³-hybridized carbons (Fsp3) is 0.588. The Labute approximate surface area is 156 Å². The van der Waals surface area contributed by atoms with Gasteiger partial charge in [-0.1, -0.05) is 18.2 Å². The van der Waals surface area contributed by atoms with E-state index in [1.54, 1.807) is 0 Å². The van der Waals surface area contributed by atoms with Gasteiger partial charge in [0, 0.05) is 25.7 Å². The molecule has 2 aliphatic heterocycles. The normalized spacial score (nSPS) is 20.2. The number of fused-ring (bicyclic) bond motifs is 1. The number of aliphatic imine (C=N–C) groups is 1. The highest BCUT2D eigenvalue weighted by atomic mass is 35.5. The van der Waals surface area contributed by atoms with Crippen LogP contribution < -0.4 is 15.9 Å². The predicted molar refractivity (Wildman–Crippen MR) is 104 cm³/mol. The molecule has 3 N–H and O–H groups in total. The molecule has 0 saturated heterocycles. The zero-order valence-corrected chi connectivity index (χ0v) is 15.5. The zero-order chi connectivity index (χ0) is 15.2. The van der Waals surface area contributed by atoms with E-state index < -0.39 is 0 Å². The number of hydrogen-bond acceptors (Lipinski definition) is 5. The number of benzene rings is 1. The maximum Gasteiger partial charge on any atom is 0.122 e. The van der Waals surface area contributed by atoms with Crippen molar-refractivity contribution in [3.63, 3.8) is 0 Å². The summed E-state index contributed by atoms with van der Waals surface area (Å²) in [4.78, 5) is 4.26. The molecule has 136 valence electrons. The van der Waals surface area contributed by atoms with E-state index in [1.807, 2.05) is 12.4 Å². The van der Waals surface area contributed by atoms with Crippen molar-refractivity contribution in [3.05, 3.63) is 29.8 Å². The lowest BCUT2D eigenvalue weighted by molar-refractivity contribution is 0.152.